The number of benzene rings is 1. The van der Waals surface area contributed by atoms with Crippen molar-refractivity contribution in [1.82, 2.24) is 39.0 Å². The number of carbonyl (C=O) groups is 2. The first-order valence-electron chi connectivity index (χ1n) is 24.9. The summed E-state index contributed by atoms with van der Waals surface area (Å²) in [5.41, 5.74) is 0.0309. The van der Waals surface area contributed by atoms with E-state index in [0.29, 0.717) is 11.2 Å². The second-order valence-electron chi connectivity index (χ2n) is 22.1. The summed E-state index contributed by atoms with van der Waals surface area (Å²) in [4.78, 5) is 74.8. The molecule has 25 nitrogen and oxygen atoms in total. The van der Waals surface area contributed by atoms with E-state index in [2.05, 4.69) is 40.5 Å². The molecule has 0 spiro atoms. The highest BCUT2D eigenvalue weighted by atomic mass is 31.2. The maximum Gasteiger partial charge on any atom is 0.475 e. The smallest absolute Gasteiger partial charge is 0.409 e. The highest BCUT2D eigenvalue weighted by Crippen LogP contribution is 2.57. The predicted octanol–water partition coefficient (Wildman–Crippen LogP) is 7.25. The number of carbonyl (C=O) groups excluding carboxylic acids is 2. The Balaban J connectivity index is 1.29. The van der Waals surface area contributed by atoms with Crippen molar-refractivity contribution in [2.75, 3.05) is 30.5 Å². The van der Waals surface area contributed by atoms with E-state index in [1.807, 2.05) is 73.8 Å². The highest BCUT2D eigenvalue weighted by Gasteiger charge is 2.56. The first-order chi connectivity index (χ1) is 35.6. The second kappa shape index (κ2) is 23.2. The van der Waals surface area contributed by atoms with E-state index in [9.17, 15) is 34.2 Å². The van der Waals surface area contributed by atoms with Gasteiger partial charge in [-0.15, -0.1) is 0 Å². The number of rotatable bonds is 21. The van der Waals surface area contributed by atoms with Gasteiger partial charge in [0.15, 0.2) is 51.0 Å². The first kappa shape index (κ1) is 58.8. The fourth-order valence-corrected chi connectivity index (χ4v) is 12.9. The molecule has 414 valence electrons. The lowest BCUT2D eigenvalue weighted by molar-refractivity contribution is -0.118. The Hall–Kier alpha value is -4.92. The molecule has 7 rings (SSSR count). The monoisotopic (exact) mass is 1130 g/mol. The fourth-order valence-electron chi connectivity index (χ4n) is 8.32. The van der Waals surface area contributed by atoms with Gasteiger partial charge in [0, 0.05) is 17.4 Å². The summed E-state index contributed by atoms with van der Waals surface area (Å²) in [5, 5.41) is 25.2. The van der Waals surface area contributed by atoms with Crippen molar-refractivity contribution in [2.45, 2.75) is 147 Å². The van der Waals surface area contributed by atoms with Crippen molar-refractivity contribution < 1.29 is 60.4 Å². The maximum absolute atomic E-state index is 15.5. The van der Waals surface area contributed by atoms with Gasteiger partial charge in [0.1, 0.15) is 24.6 Å². The molecule has 2 fully saturated rings. The molecule has 1 aromatic carbocycles. The van der Waals surface area contributed by atoms with Gasteiger partial charge in [-0.3, -0.25) is 47.4 Å². The number of hydrogen-bond donors (Lipinski definition) is 5. The maximum atomic E-state index is 15.5. The molecule has 2 aliphatic rings. The molecule has 2 unspecified atom stereocenters. The van der Waals surface area contributed by atoms with Crippen LogP contribution in [0.5, 0.6) is 0 Å². The number of imidazole rings is 2. The highest BCUT2D eigenvalue weighted by molar-refractivity contribution is 7.48. The normalized spacial score (nSPS) is 23.7. The Labute approximate surface area is 442 Å². The Morgan fingerprint density at radius 3 is 2.18 bits per heavy atom. The van der Waals surface area contributed by atoms with Gasteiger partial charge in [-0.2, -0.15) is 10.2 Å². The number of aliphatic hydroxyl groups excluding tert-OH is 1. The number of anilines is 2. The number of amides is 2. The van der Waals surface area contributed by atoms with E-state index in [-0.39, 0.29) is 46.3 Å². The third-order valence-corrected chi connectivity index (χ3v) is 25.4. The number of hydrogen-bond acceptors (Lipinski definition) is 19. The number of nitrogens with one attached hydrogen (secondary N) is 3. The molecule has 1 aliphatic heterocycles. The third kappa shape index (κ3) is 12.8. The van der Waals surface area contributed by atoms with Crippen LogP contribution in [0, 0.1) is 23.2 Å². The van der Waals surface area contributed by atoms with E-state index in [0.717, 1.165) is 0 Å². The predicted molar refractivity (Wildman–Crippen MR) is 284 cm³/mol. The number of nitriles is 1. The van der Waals surface area contributed by atoms with Gasteiger partial charge >= 0.3 is 16.1 Å². The molecule has 0 bridgehead atoms. The number of phosphoric acid groups is 1. The summed E-state index contributed by atoms with van der Waals surface area (Å²) in [6.07, 6.45) is -3.47. The zero-order valence-corrected chi connectivity index (χ0v) is 48.6. The number of aromatic nitrogens is 8. The van der Waals surface area contributed by atoms with Gasteiger partial charge in [-0.25, -0.2) is 24.5 Å². The molecule has 4 aromatic heterocycles. The minimum absolute atomic E-state index is 0.0702. The molecule has 76 heavy (non-hydrogen) atoms. The van der Waals surface area contributed by atoms with Gasteiger partial charge in [0.25, 0.3) is 11.5 Å². The SMILES string of the molecule is CC(C)C(=O)Nc1nc2c(ncn2[C@@H]2O[C@H](CO)[C@@H](O[Si](C)(C)C(C)(C)C)[C@H]2OP(=O)(OCCC#N)OC[C@H]2C[C@@H](n3cnc4c(NC(=O)c5ccccc5)ncnc43)[C@H](O[Si](C)(C)C(C)(C)C)[C@@H]2O[PH](=O)O)c(=O)[nH]1. The van der Waals surface area contributed by atoms with Crippen LogP contribution in [0.1, 0.15) is 90.9 Å². The summed E-state index contributed by atoms with van der Waals surface area (Å²) in [6, 6.07) is 9.80. The molecular weight excluding hydrogens is 1060 g/mol. The van der Waals surface area contributed by atoms with Gasteiger partial charge in [0.2, 0.25) is 11.9 Å². The number of ether oxygens (including phenoxy) is 1. The molecule has 1 saturated carbocycles. The van der Waals surface area contributed by atoms with Gasteiger partial charge < -0.3 is 38.0 Å². The van der Waals surface area contributed by atoms with Crippen LogP contribution in [0.3, 0.4) is 0 Å². The lowest BCUT2D eigenvalue weighted by Crippen LogP contribution is -2.50. The van der Waals surface area contributed by atoms with Crippen molar-refractivity contribution in [3.63, 3.8) is 0 Å². The average molecular weight is 1130 g/mol. The number of phosphoric ester groups is 1. The lowest BCUT2D eigenvalue weighted by Gasteiger charge is -2.41. The van der Waals surface area contributed by atoms with Crippen LogP contribution in [-0.2, 0) is 45.6 Å². The summed E-state index contributed by atoms with van der Waals surface area (Å²) in [5.74, 6) is -2.26. The number of aliphatic hydroxyl groups is 1. The minimum atomic E-state index is -4.95. The van der Waals surface area contributed by atoms with Gasteiger partial charge in [0.05, 0.1) is 63.2 Å². The average Bonchev–Trinajstić information content (AvgIpc) is 4.12. The molecule has 5 N–H and O–H groups in total. The van der Waals surface area contributed by atoms with Crippen LogP contribution in [0.15, 0.2) is 54.1 Å². The molecule has 2 amide bonds. The van der Waals surface area contributed by atoms with Crippen molar-refractivity contribution in [2.24, 2.45) is 11.8 Å². The Morgan fingerprint density at radius 2 is 1.57 bits per heavy atom. The van der Waals surface area contributed by atoms with Crippen LogP contribution in [-0.4, -0.2) is 128 Å². The Bertz CT molecular complexity index is 3070. The molecule has 29 heteroatoms. The van der Waals surface area contributed by atoms with E-state index >= 15 is 4.57 Å². The Kier molecular flexibility index (Phi) is 17.9. The number of fused-ring (bicyclic) bond motifs is 2. The summed E-state index contributed by atoms with van der Waals surface area (Å²) in [7, 11) is -14.2. The largest absolute Gasteiger partial charge is 0.475 e. The zero-order chi connectivity index (χ0) is 55.7. The quantitative estimate of drug-likeness (QED) is 0.0274. The molecule has 5 heterocycles. The zero-order valence-electron chi connectivity index (χ0n) is 44.7. The molecule has 0 radical (unpaired) electrons. The van der Waals surface area contributed by atoms with E-state index in [1.54, 1.807) is 48.7 Å². The fraction of sp³-hybridized carbons (Fsp3) is 0.596. The summed E-state index contributed by atoms with van der Waals surface area (Å²) >= 11 is 0. The minimum Gasteiger partial charge on any atom is -0.409 e. The van der Waals surface area contributed by atoms with Crippen molar-refractivity contribution in [3.8, 4) is 6.07 Å². The molecule has 10 atom stereocenters. The molecule has 1 saturated heterocycles. The Morgan fingerprint density at radius 1 is 0.921 bits per heavy atom. The van der Waals surface area contributed by atoms with E-state index in [1.165, 1.54) is 23.5 Å². The lowest BCUT2D eigenvalue weighted by atomic mass is 10.1. The number of aromatic amines is 1. The molecular formula is C47H69N11O14P2Si2. The number of H-pyrrole nitrogens is 1. The van der Waals surface area contributed by atoms with Crippen molar-refractivity contribution in [3.05, 3.63) is 65.2 Å². The van der Waals surface area contributed by atoms with E-state index < -0.39 is 130 Å². The second-order valence-corrected chi connectivity index (χ2v) is 34.0. The van der Waals surface area contributed by atoms with Crippen molar-refractivity contribution in [1.29, 1.82) is 5.26 Å². The van der Waals surface area contributed by atoms with Crippen molar-refractivity contribution >= 4 is 78.6 Å². The molecule has 5 aromatic rings. The van der Waals surface area contributed by atoms with Crippen LogP contribution < -0.4 is 16.2 Å². The van der Waals surface area contributed by atoms with Crippen LogP contribution in [0.4, 0.5) is 11.8 Å². The first-order valence-corrected chi connectivity index (χ1v) is 33.4. The number of nitrogens with zero attached hydrogens (tertiary/aromatic N) is 8. The summed E-state index contributed by atoms with van der Waals surface area (Å²) in [6.45, 7) is 21.9. The van der Waals surface area contributed by atoms with Gasteiger partial charge in [-0.1, -0.05) is 73.6 Å². The van der Waals surface area contributed by atoms with Crippen LogP contribution >= 0.6 is 16.1 Å². The topological polar surface area (TPSA) is 328 Å². The standard InChI is InChI=1S/C47H69N11O14P2Si2/c1-27(2)41(60)55-45-54-40-33(43(62)56-45)52-26-58(40)44-37(36(31(22-59)68-44)72-76(11,12)47(6,7)8)70-74(65,66-20-16-19-48)67-23-29-21-30(35(34(29)69-73(63)64)71-75(9,10)46(3,4)5)57-25-51-32-38(49-24-50-39(32)57)53-42(61)28-17-14-13-15-18-28/h13-15,17-18,24-27,29-31,34-37,44,59,73H,16,20-23H2,1-12H3,(H,63,64)(H,49,50,53,61)(H2,54,55,56,60,62)/t29-,30-,31-,34-,35+,36-,37-,44-,74?/m1/s1. The van der Waals surface area contributed by atoms with Crippen LogP contribution in [0.25, 0.3) is 22.3 Å². The van der Waals surface area contributed by atoms with Crippen LogP contribution in [0.2, 0.25) is 36.3 Å². The van der Waals surface area contributed by atoms with E-state index in [4.69, 9.17) is 31.7 Å². The summed E-state index contributed by atoms with van der Waals surface area (Å²) < 4.78 is 76.7. The van der Waals surface area contributed by atoms with Gasteiger partial charge in [-0.05, 0) is 54.8 Å². The third-order valence-electron chi connectivity index (χ3n) is 14.5. The molecule has 1 aliphatic carbocycles.